The Morgan fingerprint density at radius 2 is 2.05 bits per heavy atom. The van der Waals surface area contributed by atoms with Crippen LogP contribution in [0.4, 0.5) is 5.00 Å². The molecule has 0 spiro atoms. The summed E-state index contributed by atoms with van der Waals surface area (Å²) >= 11 is 3.00. The van der Waals surface area contributed by atoms with E-state index in [1.165, 1.54) is 41.0 Å². The third kappa shape index (κ3) is 3.02. The Bertz CT molecular complexity index is 680. The van der Waals surface area contributed by atoms with E-state index >= 15 is 0 Å². The lowest BCUT2D eigenvalue weighted by Gasteiger charge is -2.08. The van der Waals surface area contributed by atoms with Crippen LogP contribution in [0.15, 0.2) is 17.5 Å². The lowest BCUT2D eigenvalue weighted by molar-refractivity contribution is 0.103. The fraction of sp³-hybridized carbons (Fsp3) is 0.375. The maximum Gasteiger partial charge on any atom is 0.266 e. The first-order valence-electron chi connectivity index (χ1n) is 7.19. The minimum atomic E-state index is -0.115. The first-order chi connectivity index (χ1) is 10.3. The molecule has 21 heavy (non-hydrogen) atoms. The van der Waals surface area contributed by atoms with Crippen molar-refractivity contribution in [2.75, 3.05) is 5.32 Å². The van der Waals surface area contributed by atoms with Gasteiger partial charge in [0.15, 0.2) is 0 Å². The summed E-state index contributed by atoms with van der Waals surface area (Å²) < 4.78 is 0. The van der Waals surface area contributed by atoms with Gasteiger partial charge in [-0.3, -0.25) is 4.79 Å². The molecule has 2 aromatic rings. The minimum absolute atomic E-state index is 0.115. The Hall–Kier alpha value is -1.64. The number of nitriles is 1. The number of anilines is 1. The number of carbonyl (C=O) groups is 1. The lowest BCUT2D eigenvalue weighted by Crippen LogP contribution is -2.10. The summed E-state index contributed by atoms with van der Waals surface area (Å²) in [7, 11) is 0. The summed E-state index contributed by atoms with van der Waals surface area (Å²) in [5.74, 6) is -0.115. The van der Waals surface area contributed by atoms with Crippen molar-refractivity contribution in [1.29, 1.82) is 5.26 Å². The normalized spacial score (nSPS) is 14.6. The van der Waals surface area contributed by atoms with Gasteiger partial charge < -0.3 is 5.32 Å². The van der Waals surface area contributed by atoms with Crippen LogP contribution in [0.5, 0.6) is 0 Å². The van der Waals surface area contributed by atoms with E-state index in [1.54, 1.807) is 17.4 Å². The van der Waals surface area contributed by atoms with Crippen molar-refractivity contribution in [1.82, 2.24) is 0 Å². The number of thiophene rings is 2. The number of hydrogen-bond donors (Lipinski definition) is 1. The molecule has 2 aromatic heterocycles. The van der Waals surface area contributed by atoms with Crippen molar-refractivity contribution in [2.24, 2.45) is 0 Å². The molecule has 0 saturated heterocycles. The fourth-order valence-corrected chi connectivity index (χ4v) is 4.55. The second kappa shape index (κ2) is 6.42. The first kappa shape index (κ1) is 14.3. The topological polar surface area (TPSA) is 52.9 Å². The molecule has 0 atom stereocenters. The summed E-state index contributed by atoms with van der Waals surface area (Å²) in [6.45, 7) is 0. The third-order valence-corrected chi connectivity index (χ3v) is 5.83. The Kier molecular flexibility index (Phi) is 4.37. The molecular formula is C16H16N2OS2. The zero-order valence-electron chi connectivity index (χ0n) is 11.6. The average molecular weight is 316 g/mol. The van der Waals surface area contributed by atoms with Crippen molar-refractivity contribution in [3.05, 3.63) is 38.4 Å². The molecule has 3 nitrogen and oxygen atoms in total. The van der Waals surface area contributed by atoms with Gasteiger partial charge in [0.25, 0.3) is 5.91 Å². The van der Waals surface area contributed by atoms with Gasteiger partial charge in [-0.2, -0.15) is 5.26 Å². The summed E-state index contributed by atoms with van der Waals surface area (Å²) in [5, 5.41) is 15.0. The molecule has 0 bridgehead atoms. The molecule has 0 unspecified atom stereocenters. The van der Waals surface area contributed by atoms with E-state index in [9.17, 15) is 10.1 Å². The van der Waals surface area contributed by atoms with Crippen LogP contribution in [0.3, 0.4) is 0 Å². The van der Waals surface area contributed by atoms with Gasteiger partial charge in [-0.1, -0.05) is 18.9 Å². The molecule has 5 heteroatoms. The number of amides is 1. The molecule has 0 fully saturated rings. The van der Waals surface area contributed by atoms with Gasteiger partial charge in [0.2, 0.25) is 0 Å². The molecule has 1 amide bonds. The SMILES string of the molecule is N#Cc1c(NC(=O)c2cccs2)sc2c1CCCCCC2. The average Bonchev–Trinajstić information content (AvgIpc) is 3.07. The number of fused-ring (bicyclic) bond motifs is 1. The number of nitrogens with one attached hydrogen (secondary N) is 1. The molecule has 1 aliphatic carbocycles. The molecule has 1 aliphatic rings. The van der Waals surface area contributed by atoms with Crippen molar-refractivity contribution >= 4 is 33.6 Å². The smallest absolute Gasteiger partial charge is 0.266 e. The Balaban J connectivity index is 1.90. The molecule has 0 saturated carbocycles. The zero-order chi connectivity index (χ0) is 14.7. The van der Waals surface area contributed by atoms with Crippen molar-refractivity contribution < 1.29 is 4.79 Å². The van der Waals surface area contributed by atoms with Gasteiger partial charge in [-0.25, -0.2) is 0 Å². The number of aryl methyl sites for hydroxylation is 1. The summed E-state index contributed by atoms with van der Waals surface area (Å²) in [5.41, 5.74) is 1.85. The monoisotopic (exact) mass is 316 g/mol. The van der Waals surface area contributed by atoms with Crippen LogP contribution >= 0.6 is 22.7 Å². The van der Waals surface area contributed by atoms with E-state index in [0.717, 1.165) is 24.3 Å². The Labute approximate surface area is 132 Å². The number of nitrogens with zero attached hydrogens (tertiary/aromatic N) is 1. The summed E-state index contributed by atoms with van der Waals surface area (Å²) in [6, 6.07) is 5.96. The lowest BCUT2D eigenvalue weighted by atomic mass is 9.97. The molecule has 0 radical (unpaired) electrons. The third-order valence-electron chi connectivity index (χ3n) is 3.76. The van der Waals surface area contributed by atoms with Crippen LogP contribution < -0.4 is 5.32 Å². The van der Waals surface area contributed by atoms with E-state index < -0.39 is 0 Å². The zero-order valence-corrected chi connectivity index (χ0v) is 13.3. The Morgan fingerprint density at radius 3 is 2.76 bits per heavy atom. The molecular weight excluding hydrogens is 300 g/mol. The minimum Gasteiger partial charge on any atom is -0.312 e. The summed E-state index contributed by atoms with van der Waals surface area (Å²) in [6.07, 6.45) is 6.80. The highest BCUT2D eigenvalue weighted by Crippen LogP contribution is 2.36. The number of carbonyl (C=O) groups excluding carboxylic acids is 1. The first-order valence-corrected chi connectivity index (χ1v) is 8.88. The molecule has 2 heterocycles. The molecule has 108 valence electrons. The Morgan fingerprint density at radius 1 is 1.24 bits per heavy atom. The van der Waals surface area contributed by atoms with Gasteiger partial charge in [0, 0.05) is 4.88 Å². The maximum atomic E-state index is 12.2. The number of hydrogen-bond acceptors (Lipinski definition) is 4. The van der Waals surface area contributed by atoms with E-state index in [0.29, 0.717) is 10.4 Å². The predicted molar refractivity (Wildman–Crippen MR) is 87.2 cm³/mol. The van der Waals surface area contributed by atoms with Gasteiger partial charge in [-0.15, -0.1) is 22.7 Å². The predicted octanol–water partition coefficient (Wildman–Crippen LogP) is 4.59. The van der Waals surface area contributed by atoms with Crippen molar-refractivity contribution in [2.45, 2.75) is 38.5 Å². The molecule has 0 aliphatic heterocycles. The highest BCUT2D eigenvalue weighted by Gasteiger charge is 2.20. The van der Waals surface area contributed by atoms with Gasteiger partial charge >= 0.3 is 0 Å². The highest BCUT2D eigenvalue weighted by atomic mass is 32.1. The molecule has 1 N–H and O–H groups in total. The second-order valence-electron chi connectivity index (χ2n) is 5.17. The largest absolute Gasteiger partial charge is 0.312 e. The summed E-state index contributed by atoms with van der Waals surface area (Å²) in [4.78, 5) is 14.2. The highest BCUT2D eigenvalue weighted by molar-refractivity contribution is 7.17. The van der Waals surface area contributed by atoms with Crippen LogP contribution in [0.25, 0.3) is 0 Å². The molecule has 3 rings (SSSR count). The quantitative estimate of drug-likeness (QED) is 0.880. The van der Waals surface area contributed by atoms with E-state index in [1.807, 2.05) is 11.4 Å². The van der Waals surface area contributed by atoms with Crippen LogP contribution in [0.2, 0.25) is 0 Å². The van der Waals surface area contributed by atoms with Crippen LogP contribution in [0, 0.1) is 11.3 Å². The van der Waals surface area contributed by atoms with Gasteiger partial charge in [0.1, 0.15) is 11.1 Å². The number of rotatable bonds is 2. The van der Waals surface area contributed by atoms with E-state index in [-0.39, 0.29) is 5.91 Å². The van der Waals surface area contributed by atoms with Crippen LogP contribution in [0.1, 0.15) is 51.4 Å². The fourth-order valence-electron chi connectivity index (χ4n) is 2.70. The van der Waals surface area contributed by atoms with Crippen molar-refractivity contribution in [3.8, 4) is 6.07 Å². The maximum absolute atomic E-state index is 12.2. The van der Waals surface area contributed by atoms with Gasteiger partial charge in [0.05, 0.1) is 10.4 Å². The van der Waals surface area contributed by atoms with E-state index in [2.05, 4.69) is 11.4 Å². The van der Waals surface area contributed by atoms with E-state index in [4.69, 9.17) is 0 Å². The second-order valence-corrected chi connectivity index (χ2v) is 7.22. The van der Waals surface area contributed by atoms with Crippen LogP contribution in [-0.4, -0.2) is 5.91 Å². The standard InChI is InChI=1S/C16H16N2OS2/c17-10-12-11-6-3-1-2-4-7-13(11)21-16(12)18-15(19)14-8-5-9-20-14/h5,8-9H,1-4,6-7H2,(H,18,19). The van der Waals surface area contributed by atoms with Gasteiger partial charge in [-0.05, 0) is 42.7 Å². The van der Waals surface area contributed by atoms with Crippen LogP contribution in [-0.2, 0) is 12.8 Å². The molecule has 0 aromatic carbocycles. The van der Waals surface area contributed by atoms with Crippen molar-refractivity contribution in [3.63, 3.8) is 0 Å².